The minimum absolute atomic E-state index is 0.129. The van der Waals surface area contributed by atoms with Gasteiger partial charge in [0.15, 0.2) is 5.78 Å². The van der Waals surface area contributed by atoms with Gasteiger partial charge in [-0.3, -0.25) is 9.59 Å². The minimum Gasteiger partial charge on any atom is -0.480 e. The third kappa shape index (κ3) is 3.48. The molecular formula is C17H17NO3. The summed E-state index contributed by atoms with van der Waals surface area (Å²) in [6.45, 7) is 3.44. The number of hydrogen-bond donors (Lipinski definition) is 2. The van der Waals surface area contributed by atoms with E-state index in [2.05, 4.69) is 5.32 Å². The van der Waals surface area contributed by atoms with Crippen LogP contribution >= 0.6 is 0 Å². The molecule has 1 unspecified atom stereocenters. The molecule has 0 bridgehead atoms. The van der Waals surface area contributed by atoms with E-state index in [4.69, 9.17) is 5.11 Å². The molecule has 4 heteroatoms. The van der Waals surface area contributed by atoms with E-state index in [0.29, 0.717) is 16.8 Å². The molecule has 0 saturated carbocycles. The molecule has 0 radical (unpaired) electrons. The molecule has 0 aromatic heterocycles. The Morgan fingerprint density at radius 2 is 1.76 bits per heavy atom. The molecule has 2 rings (SSSR count). The molecule has 1 atom stereocenters. The van der Waals surface area contributed by atoms with Crippen LogP contribution < -0.4 is 5.32 Å². The van der Waals surface area contributed by atoms with Crippen molar-refractivity contribution in [3.8, 4) is 0 Å². The van der Waals surface area contributed by atoms with Gasteiger partial charge >= 0.3 is 5.97 Å². The summed E-state index contributed by atoms with van der Waals surface area (Å²) in [6, 6.07) is 13.5. The van der Waals surface area contributed by atoms with E-state index in [1.807, 2.05) is 19.1 Å². The van der Waals surface area contributed by atoms with Gasteiger partial charge in [0.25, 0.3) is 0 Å². The number of carbonyl (C=O) groups excluding carboxylic acids is 1. The lowest BCUT2D eigenvalue weighted by atomic mass is 10.00. The Balaban J connectivity index is 2.39. The van der Waals surface area contributed by atoms with Crippen molar-refractivity contribution in [2.75, 3.05) is 5.32 Å². The fraction of sp³-hybridized carbons (Fsp3) is 0.176. The highest BCUT2D eigenvalue weighted by Gasteiger charge is 2.17. The molecule has 0 saturated heterocycles. The van der Waals surface area contributed by atoms with Gasteiger partial charge in [0.2, 0.25) is 0 Å². The Bertz CT molecular complexity index is 665. The molecule has 0 heterocycles. The molecule has 2 N–H and O–H groups in total. The van der Waals surface area contributed by atoms with Crippen molar-refractivity contribution in [3.05, 3.63) is 65.2 Å². The average molecular weight is 283 g/mol. The molecular weight excluding hydrogens is 266 g/mol. The standard InChI is InChI=1S/C17H17NO3/c1-11-8-9-14(15(10-11)18-12(2)17(20)21)16(19)13-6-4-3-5-7-13/h3-10,12,18H,1-2H3,(H,20,21). The highest BCUT2D eigenvalue weighted by Crippen LogP contribution is 2.22. The predicted molar refractivity (Wildman–Crippen MR) is 81.8 cm³/mol. The van der Waals surface area contributed by atoms with Crippen LogP contribution in [0.5, 0.6) is 0 Å². The molecule has 4 nitrogen and oxygen atoms in total. The largest absolute Gasteiger partial charge is 0.480 e. The van der Waals surface area contributed by atoms with Gasteiger partial charge in [-0.1, -0.05) is 36.4 Å². The van der Waals surface area contributed by atoms with E-state index in [1.54, 1.807) is 43.3 Å². The first-order chi connectivity index (χ1) is 9.99. The van der Waals surface area contributed by atoms with Crippen molar-refractivity contribution >= 4 is 17.4 Å². The van der Waals surface area contributed by atoms with Crippen LogP contribution in [0.25, 0.3) is 0 Å². The Morgan fingerprint density at radius 3 is 2.38 bits per heavy atom. The number of rotatable bonds is 5. The highest BCUT2D eigenvalue weighted by atomic mass is 16.4. The quantitative estimate of drug-likeness (QED) is 0.827. The van der Waals surface area contributed by atoms with E-state index in [9.17, 15) is 9.59 Å². The van der Waals surface area contributed by atoms with Gasteiger partial charge in [-0.15, -0.1) is 0 Å². The van der Waals surface area contributed by atoms with Gasteiger partial charge in [0, 0.05) is 16.8 Å². The van der Waals surface area contributed by atoms with Crippen molar-refractivity contribution < 1.29 is 14.7 Å². The highest BCUT2D eigenvalue weighted by molar-refractivity contribution is 6.12. The summed E-state index contributed by atoms with van der Waals surface area (Å²) in [7, 11) is 0. The molecule has 0 aliphatic carbocycles. The zero-order valence-corrected chi connectivity index (χ0v) is 12.0. The normalized spacial score (nSPS) is 11.7. The molecule has 0 spiro atoms. The van der Waals surface area contributed by atoms with Crippen molar-refractivity contribution in [1.82, 2.24) is 0 Å². The van der Waals surface area contributed by atoms with Crippen molar-refractivity contribution in [2.24, 2.45) is 0 Å². The van der Waals surface area contributed by atoms with Crippen molar-refractivity contribution in [3.63, 3.8) is 0 Å². The van der Waals surface area contributed by atoms with Crippen LogP contribution in [0.15, 0.2) is 48.5 Å². The molecule has 108 valence electrons. The maximum atomic E-state index is 12.5. The second-order valence-corrected chi connectivity index (χ2v) is 4.95. The number of carbonyl (C=O) groups is 2. The maximum absolute atomic E-state index is 12.5. The fourth-order valence-corrected chi connectivity index (χ4v) is 2.02. The van der Waals surface area contributed by atoms with Gasteiger partial charge in [0.05, 0.1) is 0 Å². The first-order valence-electron chi connectivity index (χ1n) is 6.69. The Kier molecular flexibility index (Phi) is 4.38. The van der Waals surface area contributed by atoms with E-state index in [-0.39, 0.29) is 5.78 Å². The topological polar surface area (TPSA) is 66.4 Å². The van der Waals surface area contributed by atoms with Gasteiger partial charge in [-0.05, 0) is 31.5 Å². The first-order valence-corrected chi connectivity index (χ1v) is 6.69. The number of nitrogens with one attached hydrogen (secondary N) is 1. The average Bonchev–Trinajstić information content (AvgIpc) is 2.47. The number of aliphatic carboxylic acids is 1. The number of hydrogen-bond acceptors (Lipinski definition) is 3. The van der Waals surface area contributed by atoms with Gasteiger partial charge in [-0.2, -0.15) is 0 Å². The number of carboxylic acid groups (broad SMARTS) is 1. The summed E-state index contributed by atoms with van der Waals surface area (Å²) in [4.78, 5) is 23.5. The molecule has 21 heavy (non-hydrogen) atoms. The lowest BCUT2D eigenvalue weighted by molar-refractivity contribution is -0.137. The summed E-state index contributed by atoms with van der Waals surface area (Å²) in [5.74, 6) is -1.09. The van der Waals surface area contributed by atoms with Gasteiger partial charge in [0.1, 0.15) is 6.04 Å². The van der Waals surface area contributed by atoms with Gasteiger partial charge in [-0.25, -0.2) is 0 Å². The SMILES string of the molecule is Cc1ccc(C(=O)c2ccccc2)c(NC(C)C(=O)O)c1. The molecule has 0 fully saturated rings. The first kappa shape index (κ1) is 14.8. The van der Waals surface area contributed by atoms with E-state index >= 15 is 0 Å². The second kappa shape index (κ2) is 6.22. The van der Waals surface area contributed by atoms with Crippen LogP contribution in [-0.4, -0.2) is 22.9 Å². The molecule has 0 aliphatic rings. The summed E-state index contributed by atoms with van der Waals surface area (Å²) in [5.41, 5.74) is 2.55. The Labute approximate surface area is 123 Å². The maximum Gasteiger partial charge on any atom is 0.325 e. The van der Waals surface area contributed by atoms with Crippen LogP contribution in [0.4, 0.5) is 5.69 Å². The number of aryl methyl sites for hydroxylation is 1. The van der Waals surface area contributed by atoms with E-state index in [0.717, 1.165) is 5.56 Å². The third-order valence-electron chi connectivity index (χ3n) is 3.20. The Morgan fingerprint density at radius 1 is 1.10 bits per heavy atom. The lowest BCUT2D eigenvalue weighted by Crippen LogP contribution is -2.26. The second-order valence-electron chi connectivity index (χ2n) is 4.95. The van der Waals surface area contributed by atoms with Crippen molar-refractivity contribution in [1.29, 1.82) is 0 Å². The van der Waals surface area contributed by atoms with Gasteiger partial charge < -0.3 is 10.4 Å². The summed E-state index contributed by atoms with van der Waals surface area (Å²) in [5, 5.41) is 11.9. The van der Waals surface area contributed by atoms with Crippen LogP contribution in [0.3, 0.4) is 0 Å². The summed E-state index contributed by atoms with van der Waals surface area (Å²) < 4.78 is 0. The number of anilines is 1. The number of benzene rings is 2. The number of ketones is 1. The predicted octanol–water partition coefficient (Wildman–Crippen LogP) is 3.11. The summed E-state index contributed by atoms with van der Waals surface area (Å²) >= 11 is 0. The molecule has 2 aromatic carbocycles. The zero-order valence-electron chi connectivity index (χ0n) is 12.0. The van der Waals surface area contributed by atoms with Crippen LogP contribution in [0.1, 0.15) is 28.4 Å². The fourth-order valence-electron chi connectivity index (χ4n) is 2.02. The lowest BCUT2D eigenvalue weighted by Gasteiger charge is -2.15. The minimum atomic E-state index is -0.963. The van der Waals surface area contributed by atoms with Crippen LogP contribution in [0.2, 0.25) is 0 Å². The molecule has 0 aliphatic heterocycles. The van der Waals surface area contributed by atoms with Crippen LogP contribution in [0, 0.1) is 6.92 Å². The summed E-state index contributed by atoms with van der Waals surface area (Å²) in [6.07, 6.45) is 0. The molecule has 0 amide bonds. The van der Waals surface area contributed by atoms with E-state index < -0.39 is 12.0 Å². The van der Waals surface area contributed by atoms with E-state index in [1.165, 1.54) is 0 Å². The zero-order chi connectivity index (χ0) is 15.4. The number of carboxylic acids is 1. The smallest absolute Gasteiger partial charge is 0.325 e. The monoisotopic (exact) mass is 283 g/mol. The Hall–Kier alpha value is -2.62. The van der Waals surface area contributed by atoms with Crippen molar-refractivity contribution in [2.45, 2.75) is 19.9 Å². The molecule has 2 aromatic rings. The third-order valence-corrected chi connectivity index (χ3v) is 3.20. The van der Waals surface area contributed by atoms with Crippen LogP contribution in [-0.2, 0) is 4.79 Å².